The first-order chi connectivity index (χ1) is 14.5. The molecule has 1 fully saturated rings. The number of non-ortho nitro benzene ring substituents is 1. The number of ether oxygens (including phenoxy) is 1. The lowest BCUT2D eigenvalue weighted by Gasteiger charge is -2.38. The lowest BCUT2D eigenvalue weighted by molar-refractivity contribution is -0.384. The summed E-state index contributed by atoms with van der Waals surface area (Å²) in [5, 5.41) is 16.8. The summed E-state index contributed by atoms with van der Waals surface area (Å²) in [5.74, 6) is -0.329. The van der Waals surface area contributed by atoms with Crippen LogP contribution >= 0.6 is 0 Å². The normalized spacial score (nSPS) is 15.4. The van der Waals surface area contributed by atoms with Crippen LogP contribution in [0.25, 0.3) is 0 Å². The fourth-order valence-electron chi connectivity index (χ4n) is 3.69. The highest BCUT2D eigenvalue weighted by Crippen LogP contribution is 2.34. The number of anilines is 1. The monoisotopic (exact) mass is 415 g/mol. The maximum absolute atomic E-state index is 13.7. The molecule has 1 aliphatic heterocycles. The molecule has 0 atom stereocenters. The van der Waals surface area contributed by atoms with Crippen molar-refractivity contribution in [3.63, 3.8) is 0 Å². The number of hydrogen-bond donors (Lipinski definition) is 2. The largest absolute Gasteiger partial charge is 0.385 e. The second-order valence-electron chi connectivity index (χ2n) is 7.51. The molecule has 2 aromatic rings. The summed E-state index contributed by atoms with van der Waals surface area (Å²) >= 11 is 0. The fourth-order valence-corrected chi connectivity index (χ4v) is 3.69. The Morgan fingerprint density at radius 3 is 2.57 bits per heavy atom. The minimum absolute atomic E-state index is 0.0419. The van der Waals surface area contributed by atoms with Gasteiger partial charge in [-0.1, -0.05) is 12.1 Å². The summed E-state index contributed by atoms with van der Waals surface area (Å²) in [7, 11) is 0. The molecular weight excluding hydrogens is 389 g/mol. The lowest BCUT2D eigenvalue weighted by Crippen LogP contribution is -2.44. The summed E-state index contributed by atoms with van der Waals surface area (Å²) < 4.78 is 19.2. The molecule has 1 aliphatic rings. The molecule has 0 spiro atoms. The molecule has 160 valence electrons. The smallest absolute Gasteiger partial charge is 0.269 e. The number of nitrogens with one attached hydrogen (secondary N) is 2. The molecule has 2 N–H and O–H groups in total. The molecule has 0 radical (unpaired) electrons. The zero-order chi connectivity index (χ0) is 21.4. The van der Waals surface area contributed by atoms with E-state index in [0.29, 0.717) is 39.1 Å². The minimum atomic E-state index is -0.441. The molecular formula is C22H26FN3O4. The van der Waals surface area contributed by atoms with Gasteiger partial charge >= 0.3 is 0 Å². The van der Waals surface area contributed by atoms with Gasteiger partial charge in [0.15, 0.2) is 0 Å². The first kappa shape index (κ1) is 21.7. The third-order valence-corrected chi connectivity index (χ3v) is 5.50. The third-order valence-electron chi connectivity index (χ3n) is 5.50. The van der Waals surface area contributed by atoms with E-state index in [2.05, 4.69) is 10.6 Å². The van der Waals surface area contributed by atoms with Crippen LogP contribution in [0.3, 0.4) is 0 Å². The van der Waals surface area contributed by atoms with Gasteiger partial charge in [0.1, 0.15) is 5.82 Å². The van der Waals surface area contributed by atoms with Crippen molar-refractivity contribution in [3.05, 3.63) is 70.0 Å². The number of carbonyl (C=O) groups is 1. The molecule has 30 heavy (non-hydrogen) atoms. The molecule has 1 heterocycles. The Hall–Kier alpha value is -3.00. The Morgan fingerprint density at radius 2 is 1.90 bits per heavy atom. The highest BCUT2D eigenvalue weighted by atomic mass is 19.1. The Balaban J connectivity index is 1.46. The van der Waals surface area contributed by atoms with E-state index in [1.807, 2.05) is 6.07 Å². The van der Waals surface area contributed by atoms with E-state index in [1.165, 1.54) is 18.2 Å². The number of nitro benzene ring substituents is 1. The molecule has 8 heteroatoms. The SMILES string of the molecule is O=C(CCCNc1ccc([N+](=O)[O-])cc1)NCC1(c2cccc(F)c2)CCOCC1. The Morgan fingerprint density at radius 1 is 1.17 bits per heavy atom. The zero-order valence-corrected chi connectivity index (χ0v) is 16.7. The third kappa shape index (κ3) is 5.76. The van der Waals surface area contributed by atoms with E-state index >= 15 is 0 Å². The molecule has 7 nitrogen and oxygen atoms in total. The molecule has 1 amide bonds. The average Bonchev–Trinajstić information content (AvgIpc) is 2.76. The number of rotatable bonds is 9. The van der Waals surface area contributed by atoms with Crippen LogP contribution in [0.5, 0.6) is 0 Å². The van der Waals surface area contributed by atoms with Crippen molar-refractivity contribution in [2.45, 2.75) is 31.1 Å². The van der Waals surface area contributed by atoms with Crippen LogP contribution in [-0.2, 0) is 14.9 Å². The van der Waals surface area contributed by atoms with Gasteiger partial charge in [-0.2, -0.15) is 0 Å². The average molecular weight is 415 g/mol. The van der Waals surface area contributed by atoms with Gasteiger partial charge in [0, 0.05) is 56.0 Å². The number of nitro groups is 1. The van der Waals surface area contributed by atoms with E-state index < -0.39 is 4.92 Å². The maximum atomic E-state index is 13.7. The predicted octanol–water partition coefficient (Wildman–Crippen LogP) is 3.79. The van der Waals surface area contributed by atoms with Gasteiger partial charge < -0.3 is 15.4 Å². The van der Waals surface area contributed by atoms with Crippen molar-refractivity contribution in [3.8, 4) is 0 Å². The molecule has 3 rings (SSSR count). The fraction of sp³-hybridized carbons (Fsp3) is 0.409. The molecule has 2 aromatic carbocycles. The van der Waals surface area contributed by atoms with E-state index in [1.54, 1.807) is 24.3 Å². The second kappa shape index (κ2) is 10.2. The number of carbonyl (C=O) groups excluding carboxylic acids is 1. The maximum Gasteiger partial charge on any atom is 0.269 e. The van der Waals surface area contributed by atoms with Crippen LogP contribution in [-0.4, -0.2) is 37.1 Å². The van der Waals surface area contributed by atoms with Crippen LogP contribution < -0.4 is 10.6 Å². The number of benzene rings is 2. The second-order valence-corrected chi connectivity index (χ2v) is 7.51. The summed E-state index contributed by atoms with van der Waals surface area (Å²) in [5.41, 5.74) is 1.40. The topological polar surface area (TPSA) is 93.5 Å². The van der Waals surface area contributed by atoms with Crippen molar-refractivity contribution in [2.24, 2.45) is 0 Å². The van der Waals surface area contributed by atoms with Crippen molar-refractivity contribution in [1.29, 1.82) is 0 Å². The highest BCUT2D eigenvalue weighted by Gasteiger charge is 2.35. The van der Waals surface area contributed by atoms with Gasteiger partial charge in [-0.25, -0.2) is 4.39 Å². The minimum Gasteiger partial charge on any atom is -0.385 e. The number of nitrogens with zero attached hydrogens (tertiary/aromatic N) is 1. The summed E-state index contributed by atoms with van der Waals surface area (Å²) in [6, 6.07) is 12.8. The summed E-state index contributed by atoms with van der Waals surface area (Å²) in [6.07, 6.45) is 2.45. The van der Waals surface area contributed by atoms with Gasteiger partial charge in [0.05, 0.1) is 4.92 Å². The van der Waals surface area contributed by atoms with Crippen molar-refractivity contribution < 1.29 is 18.8 Å². The van der Waals surface area contributed by atoms with Gasteiger partial charge in [0.25, 0.3) is 5.69 Å². The molecule has 0 saturated carbocycles. The van der Waals surface area contributed by atoms with Gasteiger partial charge in [-0.05, 0) is 49.1 Å². The molecule has 0 unspecified atom stereocenters. The highest BCUT2D eigenvalue weighted by molar-refractivity contribution is 5.76. The van der Waals surface area contributed by atoms with Crippen LogP contribution in [0.1, 0.15) is 31.2 Å². The van der Waals surface area contributed by atoms with E-state index in [-0.39, 0.29) is 22.8 Å². The van der Waals surface area contributed by atoms with Crippen LogP contribution in [0, 0.1) is 15.9 Å². The van der Waals surface area contributed by atoms with E-state index in [4.69, 9.17) is 4.74 Å². The standard InChI is InChI=1S/C22H26FN3O4/c23-18-4-1-3-17(15-18)22(10-13-30-14-11-22)16-25-21(27)5-2-12-24-19-6-8-20(9-7-19)26(28)29/h1,3-4,6-9,15,24H,2,5,10-14,16H2,(H,25,27). The van der Waals surface area contributed by atoms with Gasteiger partial charge in [0.2, 0.25) is 5.91 Å². The molecule has 0 bridgehead atoms. The van der Waals surface area contributed by atoms with Crippen molar-refractivity contribution in [2.75, 3.05) is 31.6 Å². The van der Waals surface area contributed by atoms with Crippen LogP contribution in [0.4, 0.5) is 15.8 Å². The van der Waals surface area contributed by atoms with Crippen molar-refractivity contribution in [1.82, 2.24) is 5.32 Å². The zero-order valence-electron chi connectivity index (χ0n) is 16.7. The molecule has 1 saturated heterocycles. The van der Waals surface area contributed by atoms with E-state index in [9.17, 15) is 19.3 Å². The Kier molecular flexibility index (Phi) is 7.35. The van der Waals surface area contributed by atoms with Crippen LogP contribution in [0.15, 0.2) is 48.5 Å². The first-order valence-electron chi connectivity index (χ1n) is 10.1. The first-order valence-corrected chi connectivity index (χ1v) is 10.1. The summed E-state index contributed by atoms with van der Waals surface area (Å²) in [6.45, 7) is 2.21. The quantitative estimate of drug-likeness (QED) is 0.369. The Bertz CT molecular complexity index is 867. The van der Waals surface area contributed by atoms with Crippen LogP contribution in [0.2, 0.25) is 0 Å². The number of halogens is 1. The summed E-state index contributed by atoms with van der Waals surface area (Å²) in [4.78, 5) is 22.6. The predicted molar refractivity (Wildman–Crippen MR) is 112 cm³/mol. The van der Waals surface area contributed by atoms with Gasteiger partial charge in [-0.15, -0.1) is 0 Å². The molecule has 0 aliphatic carbocycles. The van der Waals surface area contributed by atoms with Gasteiger partial charge in [-0.3, -0.25) is 14.9 Å². The molecule has 0 aromatic heterocycles. The Labute approximate surface area is 174 Å². The number of hydrogen-bond acceptors (Lipinski definition) is 5. The van der Waals surface area contributed by atoms with Crippen molar-refractivity contribution >= 4 is 17.3 Å². The lowest BCUT2D eigenvalue weighted by atomic mass is 9.74. The number of amides is 1. The van der Waals surface area contributed by atoms with E-state index in [0.717, 1.165) is 24.1 Å².